The van der Waals surface area contributed by atoms with Crippen molar-refractivity contribution >= 4 is 26.5 Å². The molecule has 3 atom stereocenters. The third-order valence-electron chi connectivity index (χ3n) is 7.86. The van der Waals surface area contributed by atoms with E-state index in [4.69, 9.17) is 15.2 Å². The zero-order valence-corrected chi connectivity index (χ0v) is 28.1. The number of aliphatic carboxylic acids is 1. The number of fused-ring (bicyclic) bond motifs is 1. The number of carboxylic acids is 1. The highest BCUT2D eigenvalue weighted by Gasteiger charge is 2.39. The van der Waals surface area contributed by atoms with Crippen molar-refractivity contribution in [3.05, 3.63) is 70.7 Å². The lowest BCUT2D eigenvalue weighted by atomic mass is 9.81. The molecule has 0 saturated heterocycles. The molecule has 0 spiro atoms. The Morgan fingerprint density at radius 1 is 1.21 bits per heavy atom. The number of hydrogen-bond donors (Lipinski definition) is 2. The van der Waals surface area contributed by atoms with Crippen molar-refractivity contribution in [2.24, 2.45) is 23.0 Å². The quantitative estimate of drug-likeness (QED) is 0.145. The topological polar surface area (TPSA) is 85.0 Å². The Balaban J connectivity index is 1.72. The number of rotatable bonds is 16. The highest BCUT2D eigenvalue weighted by molar-refractivity contribution is 7.97. The van der Waals surface area contributed by atoms with Gasteiger partial charge in [0, 0.05) is 18.8 Å². The molecule has 1 heterocycles. The monoisotopic (exact) mass is 614 g/mol. The first kappa shape index (κ1) is 34.4. The summed E-state index contributed by atoms with van der Waals surface area (Å²) in [6.45, 7) is 14.7. The van der Waals surface area contributed by atoms with Crippen LogP contribution in [0.2, 0.25) is 0 Å². The fourth-order valence-electron chi connectivity index (χ4n) is 5.15. The van der Waals surface area contributed by atoms with Crippen LogP contribution in [0.5, 0.6) is 5.75 Å². The lowest BCUT2D eigenvalue weighted by molar-refractivity contribution is -0.156. The van der Waals surface area contributed by atoms with E-state index in [1.807, 2.05) is 24.3 Å². The summed E-state index contributed by atoms with van der Waals surface area (Å²) in [5.74, 6) is 3.57. The number of benzene rings is 2. The molecule has 232 valence electrons. The molecular formula is C34H51N2O4PS. The van der Waals surface area contributed by atoms with Gasteiger partial charge < -0.3 is 20.3 Å². The second kappa shape index (κ2) is 16.7. The van der Waals surface area contributed by atoms with Crippen LogP contribution in [0.4, 0.5) is 0 Å². The number of aryl methyl sites for hydroxylation is 1. The first-order valence-corrected chi connectivity index (χ1v) is 17.3. The lowest BCUT2D eigenvalue weighted by Crippen LogP contribution is -2.34. The van der Waals surface area contributed by atoms with Gasteiger partial charge in [0.05, 0.1) is 23.0 Å². The Morgan fingerprint density at radius 2 is 1.98 bits per heavy atom. The minimum atomic E-state index is -1.14. The summed E-state index contributed by atoms with van der Waals surface area (Å²) in [7, 11) is 0.642. The third kappa shape index (κ3) is 10.3. The standard InChI is InChI=1S/C34H51N2O4PS/c1-7-10-26(15-13-24(2)3)22-41-23-29(35)21-40-32(34(5,6)33(37)38)27-16-14-25(4)28(19-27)20-36-17-18-39-30-11-8-9-12-31(30)42-36/h8-9,11-12,14,16,19,23-24,26,32,41H,7,10,13,15,17-18,20-22,35H2,1-6H3,(H,37,38)/b29-23-. The summed E-state index contributed by atoms with van der Waals surface area (Å²) in [5.41, 5.74) is 9.09. The highest BCUT2D eigenvalue weighted by Crippen LogP contribution is 2.39. The zero-order chi connectivity index (χ0) is 30.7. The summed E-state index contributed by atoms with van der Waals surface area (Å²) in [4.78, 5) is 13.5. The lowest BCUT2D eigenvalue weighted by Gasteiger charge is -2.31. The normalized spacial score (nSPS) is 16.3. The Kier molecular flexibility index (Phi) is 13.7. The van der Waals surface area contributed by atoms with Crippen LogP contribution in [-0.4, -0.2) is 41.3 Å². The third-order valence-corrected chi connectivity index (χ3v) is 10.4. The van der Waals surface area contributed by atoms with Crippen molar-refractivity contribution in [1.29, 1.82) is 0 Å². The molecule has 0 fully saturated rings. The van der Waals surface area contributed by atoms with Crippen LogP contribution in [-0.2, 0) is 16.1 Å². The van der Waals surface area contributed by atoms with Crippen LogP contribution < -0.4 is 10.5 Å². The summed E-state index contributed by atoms with van der Waals surface area (Å²) in [6, 6.07) is 14.3. The maximum absolute atomic E-state index is 12.4. The van der Waals surface area contributed by atoms with Gasteiger partial charge in [0.2, 0.25) is 0 Å². The molecule has 2 aromatic carbocycles. The SMILES string of the molecule is CCCC(CCC(C)C)CP/C=C(\N)COC(c1ccc(C)c(CN2CCOc3ccccc3S2)c1)C(C)(C)C(=O)O. The van der Waals surface area contributed by atoms with E-state index >= 15 is 0 Å². The van der Waals surface area contributed by atoms with Crippen molar-refractivity contribution < 1.29 is 19.4 Å². The van der Waals surface area contributed by atoms with E-state index in [0.717, 1.165) is 51.9 Å². The number of ether oxygens (including phenoxy) is 2. The first-order chi connectivity index (χ1) is 20.0. The fourth-order valence-corrected chi connectivity index (χ4v) is 7.36. The molecule has 0 saturated carbocycles. The molecule has 8 heteroatoms. The van der Waals surface area contributed by atoms with E-state index in [1.54, 1.807) is 25.8 Å². The minimum absolute atomic E-state index is 0.206. The maximum atomic E-state index is 12.4. The summed E-state index contributed by atoms with van der Waals surface area (Å²) in [6.07, 6.45) is 5.49. The van der Waals surface area contributed by atoms with Crippen LogP contribution in [0.3, 0.4) is 0 Å². The van der Waals surface area contributed by atoms with Crippen LogP contribution in [0, 0.1) is 24.2 Å². The number of carboxylic acid groups (broad SMARTS) is 1. The molecule has 6 nitrogen and oxygen atoms in total. The molecular weight excluding hydrogens is 563 g/mol. The number of hydrogen-bond acceptors (Lipinski definition) is 6. The Morgan fingerprint density at radius 3 is 2.69 bits per heavy atom. The van der Waals surface area contributed by atoms with Crippen LogP contribution >= 0.6 is 20.5 Å². The van der Waals surface area contributed by atoms with Crippen LogP contribution in [0.1, 0.15) is 83.1 Å². The summed E-state index contributed by atoms with van der Waals surface area (Å²) in [5, 5.41) is 10.1. The molecule has 1 aliphatic rings. The van der Waals surface area contributed by atoms with Crippen molar-refractivity contribution in [3.8, 4) is 5.75 Å². The highest BCUT2D eigenvalue weighted by atomic mass is 32.2. The van der Waals surface area contributed by atoms with E-state index in [1.165, 1.54) is 25.7 Å². The Hall–Kier alpha value is -2.05. The van der Waals surface area contributed by atoms with E-state index in [0.29, 0.717) is 27.4 Å². The van der Waals surface area contributed by atoms with Gasteiger partial charge in [0.25, 0.3) is 0 Å². The molecule has 0 radical (unpaired) electrons. The van der Waals surface area contributed by atoms with Crippen LogP contribution in [0.25, 0.3) is 0 Å². The number of carbonyl (C=O) groups is 1. The van der Waals surface area contributed by atoms with Gasteiger partial charge in [-0.3, -0.25) is 4.79 Å². The van der Waals surface area contributed by atoms with Gasteiger partial charge in [-0.05, 0) is 91.8 Å². The summed E-state index contributed by atoms with van der Waals surface area (Å²) >= 11 is 1.70. The zero-order valence-electron chi connectivity index (χ0n) is 26.3. The largest absolute Gasteiger partial charge is 0.491 e. The van der Waals surface area contributed by atoms with E-state index in [-0.39, 0.29) is 6.61 Å². The van der Waals surface area contributed by atoms with Gasteiger partial charge in [0.1, 0.15) is 12.4 Å². The molecule has 42 heavy (non-hydrogen) atoms. The minimum Gasteiger partial charge on any atom is -0.491 e. The van der Waals surface area contributed by atoms with Crippen molar-refractivity contribution in [2.75, 3.05) is 25.9 Å². The number of nitrogens with two attached hydrogens (primary N) is 1. The van der Waals surface area contributed by atoms with Gasteiger partial charge in [-0.15, -0.1) is 0 Å². The first-order valence-electron chi connectivity index (χ1n) is 15.3. The summed E-state index contributed by atoms with van der Waals surface area (Å²) < 4.78 is 14.6. The maximum Gasteiger partial charge on any atom is 0.312 e. The molecule has 0 bridgehead atoms. The Labute approximate surface area is 259 Å². The average Bonchev–Trinajstić information content (AvgIpc) is 3.15. The van der Waals surface area contributed by atoms with E-state index in [2.05, 4.69) is 56.0 Å². The Bertz CT molecular complexity index is 1190. The van der Waals surface area contributed by atoms with Gasteiger partial charge in [-0.2, -0.15) is 0 Å². The van der Waals surface area contributed by atoms with Gasteiger partial charge >= 0.3 is 5.97 Å². The van der Waals surface area contributed by atoms with Crippen LogP contribution in [0.15, 0.2) is 58.9 Å². The average molecular weight is 615 g/mol. The molecule has 0 aromatic heterocycles. The van der Waals surface area contributed by atoms with Crippen molar-refractivity contribution in [1.82, 2.24) is 4.31 Å². The predicted octanol–water partition coefficient (Wildman–Crippen LogP) is 8.40. The predicted molar refractivity (Wildman–Crippen MR) is 177 cm³/mol. The van der Waals surface area contributed by atoms with Crippen molar-refractivity contribution in [3.63, 3.8) is 0 Å². The van der Waals surface area contributed by atoms with E-state index < -0.39 is 17.5 Å². The van der Waals surface area contributed by atoms with Gasteiger partial charge in [-0.25, -0.2) is 4.31 Å². The molecule has 2 aromatic rings. The molecule has 3 N–H and O–H groups in total. The smallest absolute Gasteiger partial charge is 0.312 e. The number of nitrogens with zero attached hydrogens (tertiary/aromatic N) is 1. The van der Waals surface area contributed by atoms with Gasteiger partial charge in [0.15, 0.2) is 0 Å². The second-order valence-electron chi connectivity index (χ2n) is 12.4. The molecule has 3 rings (SSSR count). The van der Waals surface area contributed by atoms with Crippen molar-refractivity contribution in [2.45, 2.75) is 84.8 Å². The molecule has 1 aliphatic heterocycles. The second-order valence-corrected chi connectivity index (χ2v) is 14.7. The van der Waals surface area contributed by atoms with E-state index in [9.17, 15) is 9.90 Å². The fraction of sp³-hybridized carbons (Fsp3) is 0.559. The molecule has 0 amide bonds. The molecule has 0 aliphatic carbocycles. The molecule has 3 unspecified atom stereocenters. The van der Waals surface area contributed by atoms with Gasteiger partial charge in [-0.1, -0.05) is 78.9 Å². The number of para-hydroxylation sites is 1.